The van der Waals surface area contributed by atoms with Crippen molar-refractivity contribution in [2.75, 3.05) is 19.5 Å². The number of carbonyl (C=O) groups is 1. The molecule has 0 unspecified atom stereocenters. The summed E-state index contributed by atoms with van der Waals surface area (Å²) in [6.07, 6.45) is 2.03. The molecular formula is C21H19N3O3S. The lowest BCUT2D eigenvalue weighted by Crippen LogP contribution is -2.12. The van der Waals surface area contributed by atoms with Crippen LogP contribution in [-0.4, -0.2) is 29.5 Å². The first-order valence-electron chi connectivity index (χ1n) is 8.66. The van der Waals surface area contributed by atoms with Crippen molar-refractivity contribution < 1.29 is 14.3 Å². The number of imidazole rings is 1. The molecule has 2 heterocycles. The quantitative estimate of drug-likeness (QED) is 0.536. The molecule has 4 aromatic rings. The molecule has 0 saturated carbocycles. The van der Waals surface area contributed by atoms with Crippen molar-refractivity contribution in [3.63, 3.8) is 0 Å². The lowest BCUT2D eigenvalue weighted by Gasteiger charge is -2.10. The molecule has 7 heteroatoms. The van der Waals surface area contributed by atoms with E-state index >= 15 is 0 Å². The van der Waals surface area contributed by atoms with E-state index in [0.717, 1.165) is 21.9 Å². The predicted octanol–water partition coefficient (Wildman–Crippen LogP) is 4.64. The predicted molar refractivity (Wildman–Crippen MR) is 111 cm³/mol. The van der Waals surface area contributed by atoms with Crippen LogP contribution in [0.1, 0.15) is 16.1 Å². The second-order valence-electron chi connectivity index (χ2n) is 6.26. The van der Waals surface area contributed by atoms with E-state index in [2.05, 4.69) is 27.0 Å². The van der Waals surface area contributed by atoms with E-state index in [1.807, 2.05) is 30.5 Å². The molecule has 0 aliphatic carbocycles. The summed E-state index contributed by atoms with van der Waals surface area (Å²) in [4.78, 5) is 18.2. The minimum atomic E-state index is -0.216. The Bertz CT molecular complexity index is 1150. The number of benzene rings is 2. The van der Waals surface area contributed by atoms with Crippen LogP contribution in [0.3, 0.4) is 0 Å². The Morgan fingerprint density at radius 3 is 2.50 bits per heavy atom. The van der Waals surface area contributed by atoms with Gasteiger partial charge in [0.15, 0.2) is 16.5 Å². The van der Waals surface area contributed by atoms with E-state index < -0.39 is 0 Å². The van der Waals surface area contributed by atoms with Crippen LogP contribution in [0.25, 0.3) is 16.2 Å². The summed E-state index contributed by atoms with van der Waals surface area (Å²) in [6.45, 7) is 2.06. The highest BCUT2D eigenvalue weighted by atomic mass is 32.1. The Labute approximate surface area is 166 Å². The summed E-state index contributed by atoms with van der Waals surface area (Å²) in [5.41, 5.74) is 4.27. The topological polar surface area (TPSA) is 64.9 Å². The van der Waals surface area contributed by atoms with E-state index in [4.69, 9.17) is 9.47 Å². The number of nitrogens with one attached hydrogen (secondary N) is 1. The van der Waals surface area contributed by atoms with E-state index in [0.29, 0.717) is 22.7 Å². The molecule has 142 valence electrons. The van der Waals surface area contributed by atoms with Gasteiger partial charge < -0.3 is 14.8 Å². The van der Waals surface area contributed by atoms with Gasteiger partial charge in [0, 0.05) is 34.1 Å². The van der Waals surface area contributed by atoms with Gasteiger partial charge in [0.25, 0.3) is 5.91 Å². The van der Waals surface area contributed by atoms with E-state index in [1.165, 1.54) is 0 Å². The van der Waals surface area contributed by atoms with Crippen LogP contribution in [-0.2, 0) is 0 Å². The second-order valence-corrected chi connectivity index (χ2v) is 7.09. The van der Waals surface area contributed by atoms with Gasteiger partial charge in [-0.25, -0.2) is 4.98 Å². The first kappa shape index (κ1) is 18.1. The van der Waals surface area contributed by atoms with Crippen LogP contribution in [0.4, 0.5) is 5.69 Å². The fraction of sp³-hybridized carbons (Fsp3) is 0.143. The zero-order valence-corrected chi connectivity index (χ0v) is 16.5. The van der Waals surface area contributed by atoms with Crippen LogP contribution in [0.15, 0.2) is 54.0 Å². The Balaban J connectivity index is 1.52. The number of nitrogens with zero attached hydrogens (tertiary/aromatic N) is 2. The lowest BCUT2D eigenvalue weighted by atomic mass is 10.1. The van der Waals surface area contributed by atoms with Crippen molar-refractivity contribution >= 4 is 27.9 Å². The average Bonchev–Trinajstić information content (AvgIpc) is 3.30. The third-order valence-electron chi connectivity index (χ3n) is 4.47. The van der Waals surface area contributed by atoms with Crippen molar-refractivity contribution in [1.29, 1.82) is 0 Å². The molecule has 1 N–H and O–H groups in total. The van der Waals surface area contributed by atoms with Crippen LogP contribution in [0.5, 0.6) is 11.5 Å². The summed E-state index contributed by atoms with van der Waals surface area (Å²) >= 11 is 1.62. The number of hydrogen-bond acceptors (Lipinski definition) is 5. The Kier molecular flexibility index (Phi) is 4.75. The van der Waals surface area contributed by atoms with Gasteiger partial charge in [-0.2, -0.15) is 0 Å². The number of fused-ring (bicyclic) bond motifs is 1. The molecule has 28 heavy (non-hydrogen) atoms. The third-order valence-corrected chi connectivity index (χ3v) is 5.43. The molecule has 4 rings (SSSR count). The van der Waals surface area contributed by atoms with Gasteiger partial charge in [0.2, 0.25) is 0 Å². The molecule has 0 radical (unpaired) electrons. The Hall–Kier alpha value is -3.32. The lowest BCUT2D eigenvalue weighted by molar-refractivity contribution is 0.102. The van der Waals surface area contributed by atoms with Gasteiger partial charge in [-0.15, -0.1) is 11.3 Å². The van der Waals surface area contributed by atoms with E-state index in [-0.39, 0.29) is 5.91 Å². The second kappa shape index (κ2) is 7.36. The maximum Gasteiger partial charge on any atom is 0.255 e. The van der Waals surface area contributed by atoms with Gasteiger partial charge in [-0.3, -0.25) is 9.20 Å². The normalized spacial score (nSPS) is 10.8. The number of hydrogen-bond donors (Lipinski definition) is 1. The SMILES string of the molecule is COc1ccc(C(=O)Nc2ccc(-c3cn4c(C)csc4n3)cc2)cc1OC. The van der Waals surface area contributed by atoms with Crippen molar-refractivity contribution in [1.82, 2.24) is 9.38 Å². The zero-order valence-electron chi connectivity index (χ0n) is 15.7. The summed E-state index contributed by atoms with van der Waals surface area (Å²) < 4.78 is 12.5. The Morgan fingerprint density at radius 2 is 1.82 bits per heavy atom. The number of amides is 1. The number of aromatic nitrogens is 2. The zero-order chi connectivity index (χ0) is 19.7. The summed E-state index contributed by atoms with van der Waals surface area (Å²) in [5, 5.41) is 4.98. The molecule has 0 bridgehead atoms. The van der Waals surface area contributed by atoms with E-state index in [9.17, 15) is 4.79 Å². The number of methoxy groups -OCH3 is 2. The highest BCUT2D eigenvalue weighted by Crippen LogP contribution is 2.28. The van der Waals surface area contributed by atoms with Gasteiger partial charge in [0.1, 0.15) is 0 Å². The van der Waals surface area contributed by atoms with Gasteiger partial charge in [0.05, 0.1) is 19.9 Å². The molecule has 0 atom stereocenters. The molecule has 0 aliphatic rings. The standard InChI is InChI=1S/C21H19N3O3S/c1-13-12-28-21-23-17(11-24(13)21)14-4-7-16(8-5-14)22-20(25)15-6-9-18(26-2)19(10-15)27-3/h4-12H,1-3H3,(H,22,25). The fourth-order valence-electron chi connectivity index (χ4n) is 2.94. The molecular weight excluding hydrogens is 374 g/mol. The highest BCUT2D eigenvalue weighted by Gasteiger charge is 2.12. The average molecular weight is 393 g/mol. The maximum absolute atomic E-state index is 12.5. The molecule has 0 saturated heterocycles. The van der Waals surface area contributed by atoms with Gasteiger partial charge in [-0.1, -0.05) is 12.1 Å². The largest absolute Gasteiger partial charge is 0.493 e. The number of ether oxygens (including phenoxy) is 2. The first-order chi connectivity index (χ1) is 13.6. The van der Waals surface area contributed by atoms with Crippen molar-refractivity contribution in [2.24, 2.45) is 0 Å². The van der Waals surface area contributed by atoms with Crippen LogP contribution >= 0.6 is 11.3 Å². The molecule has 0 fully saturated rings. The minimum Gasteiger partial charge on any atom is -0.493 e. The molecule has 1 amide bonds. The Morgan fingerprint density at radius 1 is 1.07 bits per heavy atom. The van der Waals surface area contributed by atoms with Crippen LogP contribution in [0, 0.1) is 6.92 Å². The highest BCUT2D eigenvalue weighted by molar-refractivity contribution is 7.15. The number of rotatable bonds is 5. The number of anilines is 1. The number of thiazole rings is 1. The van der Waals surface area contributed by atoms with Crippen LogP contribution in [0.2, 0.25) is 0 Å². The van der Waals surface area contributed by atoms with Crippen molar-refractivity contribution in [3.8, 4) is 22.8 Å². The third kappa shape index (κ3) is 3.32. The molecule has 2 aromatic heterocycles. The van der Waals surface area contributed by atoms with Crippen LogP contribution < -0.4 is 14.8 Å². The first-order valence-corrected chi connectivity index (χ1v) is 9.54. The molecule has 2 aromatic carbocycles. The summed E-state index contributed by atoms with van der Waals surface area (Å²) in [7, 11) is 3.10. The van der Waals surface area contributed by atoms with Gasteiger partial charge in [-0.05, 0) is 37.3 Å². The number of aryl methyl sites for hydroxylation is 1. The summed E-state index contributed by atoms with van der Waals surface area (Å²) in [6, 6.07) is 12.7. The fourth-order valence-corrected chi connectivity index (χ4v) is 3.79. The number of carbonyl (C=O) groups excluding carboxylic acids is 1. The van der Waals surface area contributed by atoms with E-state index in [1.54, 1.807) is 43.8 Å². The van der Waals surface area contributed by atoms with Crippen molar-refractivity contribution in [2.45, 2.75) is 6.92 Å². The monoisotopic (exact) mass is 393 g/mol. The van der Waals surface area contributed by atoms with Gasteiger partial charge >= 0.3 is 0 Å². The maximum atomic E-state index is 12.5. The molecule has 0 aliphatic heterocycles. The smallest absolute Gasteiger partial charge is 0.255 e. The molecule has 0 spiro atoms. The minimum absolute atomic E-state index is 0.216. The van der Waals surface area contributed by atoms with Crippen molar-refractivity contribution in [3.05, 3.63) is 65.3 Å². The molecule has 6 nitrogen and oxygen atoms in total. The summed E-state index contributed by atoms with van der Waals surface area (Å²) in [5.74, 6) is 0.881.